The summed E-state index contributed by atoms with van der Waals surface area (Å²) in [5.74, 6) is -0.0773. The summed E-state index contributed by atoms with van der Waals surface area (Å²) in [6, 6.07) is 0. The topological polar surface area (TPSA) is 88.2 Å². The second-order valence-corrected chi connectivity index (χ2v) is 1.25. The first-order valence-electron chi connectivity index (χ1n) is 1.41. The molecule has 0 saturated heterocycles. The van der Waals surface area contributed by atoms with Crippen LogP contribution in [-0.4, -0.2) is 5.96 Å². The van der Waals surface area contributed by atoms with Crippen LogP contribution in [0.4, 0.5) is 0 Å². The monoisotopic (exact) mass is 192 g/mol. The van der Waals surface area contributed by atoms with E-state index in [1.807, 2.05) is 0 Å². The smallest absolute Gasteiger partial charge is 1.00 e. The molecule has 0 radical (unpaired) electrons. The molecule has 0 aromatic heterocycles. The molecular weight excluding hydrogens is 187 g/mol. The van der Waals surface area contributed by atoms with Crippen molar-refractivity contribution in [2.45, 2.75) is 0 Å². The second-order valence-electron chi connectivity index (χ2n) is 0.699. The summed E-state index contributed by atoms with van der Waals surface area (Å²) in [6.45, 7) is 0. The van der Waals surface area contributed by atoms with Gasteiger partial charge < -0.3 is 12.9 Å². The van der Waals surface area contributed by atoms with Gasteiger partial charge in [-0.15, -0.1) is 12.4 Å². The maximum Gasteiger partial charge on any atom is 1.00 e. The summed E-state index contributed by atoms with van der Waals surface area (Å²) in [4.78, 5) is 0. The number of nitrogens with two attached hydrogens (primary N) is 2. The number of nitriles is 1. The van der Waals surface area contributed by atoms with Crippen LogP contribution in [0.1, 0.15) is 1.43 Å². The van der Waals surface area contributed by atoms with E-state index < -0.39 is 0 Å². The summed E-state index contributed by atoms with van der Waals surface area (Å²) in [5.41, 5.74) is 9.67. The second kappa shape index (κ2) is 11.8. The first-order chi connectivity index (χ1) is 3.27. The van der Waals surface area contributed by atoms with Crippen molar-refractivity contribution in [1.29, 1.82) is 5.26 Å². The molecule has 0 amide bonds. The van der Waals surface area contributed by atoms with Crippen LogP contribution in [-0.2, 0) is 0 Å². The van der Waals surface area contributed by atoms with Crippen molar-refractivity contribution in [1.82, 2.24) is 0 Å². The first kappa shape index (κ1) is 16.6. The number of rotatable bonds is 1. The van der Waals surface area contributed by atoms with E-state index in [2.05, 4.69) is 4.40 Å². The molecular formula is C2H6ClKN4S. The quantitative estimate of drug-likeness (QED) is 0.152. The molecule has 7 heteroatoms. The molecule has 0 bridgehead atoms. The molecule has 4 nitrogen and oxygen atoms in total. The zero-order chi connectivity index (χ0) is 5.70. The normalized spacial score (nSPS) is 5.22. The van der Waals surface area contributed by atoms with Crippen LogP contribution in [0.3, 0.4) is 0 Å². The number of nitrogens with zero attached hydrogens (tertiary/aromatic N) is 2. The average molecular weight is 193 g/mol. The van der Waals surface area contributed by atoms with Crippen LogP contribution in [0, 0.1) is 10.7 Å². The molecule has 48 valence electrons. The van der Waals surface area contributed by atoms with Gasteiger partial charge in [-0.1, -0.05) is 0 Å². The third-order valence-electron chi connectivity index (χ3n) is 0.192. The molecule has 0 aliphatic carbocycles. The van der Waals surface area contributed by atoms with Crippen LogP contribution in [0.25, 0.3) is 0 Å². The van der Waals surface area contributed by atoms with Gasteiger partial charge in [0, 0.05) is 0 Å². The molecule has 4 N–H and O–H groups in total. The van der Waals surface area contributed by atoms with Gasteiger partial charge in [0.25, 0.3) is 0 Å². The van der Waals surface area contributed by atoms with Crippen LogP contribution in [0.2, 0.25) is 0 Å². The molecule has 0 aromatic carbocycles. The fraction of sp³-hybridized carbons (Fsp3) is 0. The summed E-state index contributed by atoms with van der Waals surface area (Å²) >= 11 is 0.660. The summed E-state index contributed by atoms with van der Waals surface area (Å²) in [7, 11) is 0. The average Bonchev–Trinajstić information content (AvgIpc) is 1.61. The van der Waals surface area contributed by atoms with E-state index in [1.165, 1.54) is 0 Å². The van der Waals surface area contributed by atoms with Crippen molar-refractivity contribution >= 4 is 30.3 Å². The van der Waals surface area contributed by atoms with E-state index in [0.29, 0.717) is 11.9 Å². The largest absolute Gasteiger partial charge is 1.00 e. The Morgan fingerprint density at radius 2 is 2.11 bits per heavy atom. The first-order valence-corrected chi connectivity index (χ1v) is 2.18. The van der Waals surface area contributed by atoms with Gasteiger partial charge in [-0.25, -0.2) is 0 Å². The van der Waals surface area contributed by atoms with Crippen LogP contribution >= 0.6 is 24.4 Å². The molecule has 0 unspecified atom stereocenters. The minimum Gasteiger partial charge on any atom is -1.00 e. The number of thiocyanates is 1. The molecule has 0 spiro atoms. The van der Waals surface area contributed by atoms with Gasteiger partial charge in [0.1, 0.15) is 0 Å². The SMILES string of the molecule is Cl.N#CSN=C(N)N.[H-].[K+]. The summed E-state index contributed by atoms with van der Waals surface area (Å²) in [6.07, 6.45) is 0. The molecule has 0 heterocycles. The predicted molar refractivity (Wildman–Crippen MR) is 37.4 cm³/mol. The Balaban J connectivity index is -0.0000000600. The van der Waals surface area contributed by atoms with Gasteiger partial charge in [-0.05, 0) is 0 Å². The van der Waals surface area contributed by atoms with Crippen molar-refractivity contribution in [3.05, 3.63) is 0 Å². The molecule has 0 saturated carbocycles. The number of halogens is 1. The van der Waals surface area contributed by atoms with Gasteiger partial charge in [0.15, 0.2) is 11.4 Å². The number of hydrogen-bond donors (Lipinski definition) is 2. The van der Waals surface area contributed by atoms with Gasteiger partial charge in [0.05, 0.1) is 11.9 Å². The zero-order valence-corrected chi connectivity index (χ0v) is 9.62. The Kier molecular flexibility index (Phi) is 21.7. The Morgan fingerprint density at radius 3 is 2.22 bits per heavy atom. The Hall–Kier alpha value is 1.04. The standard InChI is InChI=1S/C2H4N4S.ClH.K.H/c3-1-7-6-2(4)5;;;/h(H4,4,5,6);1H;;/q;;+1;-1. The third kappa shape index (κ3) is 17.6. The summed E-state index contributed by atoms with van der Waals surface area (Å²) in [5, 5.41) is 9.48. The van der Waals surface area contributed by atoms with Crippen molar-refractivity contribution in [3.63, 3.8) is 0 Å². The molecule has 0 aliphatic rings. The third-order valence-corrected chi connectivity index (χ3v) is 0.576. The van der Waals surface area contributed by atoms with Crippen molar-refractivity contribution in [2.75, 3.05) is 0 Å². The Labute approximate surface area is 108 Å². The van der Waals surface area contributed by atoms with E-state index >= 15 is 0 Å². The van der Waals surface area contributed by atoms with E-state index in [0.717, 1.165) is 0 Å². The minimum atomic E-state index is -0.0773. The molecule has 0 fully saturated rings. The van der Waals surface area contributed by atoms with Crippen molar-refractivity contribution in [3.8, 4) is 5.40 Å². The molecule has 0 atom stereocenters. The summed E-state index contributed by atoms with van der Waals surface area (Å²) < 4.78 is 3.27. The Morgan fingerprint density at radius 1 is 1.67 bits per heavy atom. The minimum absolute atomic E-state index is 0. The van der Waals surface area contributed by atoms with E-state index in [-0.39, 0.29) is 71.2 Å². The molecule has 0 rings (SSSR count). The zero-order valence-electron chi connectivity index (χ0n) is 5.87. The number of guanidine groups is 1. The maximum absolute atomic E-state index is 7.81. The van der Waals surface area contributed by atoms with E-state index in [4.69, 9.17) is 16.7 Å². The van der Waals surface area contributed by atoms with Gasteiger partial charge >= 0.3 is 51.4 Å². The van der Waals surface area contributed by atoms with Crippen LogP contribution in [0.5, 0.6) is 0 Å². The van der Waals surface area contributed by atoms with E-state index in [1.54, 1.807) is 5.40 Å². The van der Waals surface area contributed by atoms with Gasteiger partial charge in [-0.2, -0.15) is 9.66 Å². The Bertz CT molecular complexity index is 121. The molecule has 9 heavy (non-hydrogen) atoms. The fourth-order valence-corrected chi connectivity index (χ4v) is 0.219. The van der Waals surface area contributed by atoms with Crippen molar-refractivity contribution < 1.29 is 52.8 Å². The van der Waals surface area contributed by atoms with Crippen molar-refractivity contribution in [2.24, 2.45) is 15.9 Å². The maximum atomic E-state index is 7.81. The molecule has 0 aliphatic heterocycles. The van der Waals surface area contributed by atoms with Gasteiger partial charge in [-0.3, -0.25) is 0 Å². The number of hydrogen-bond acceptors (Lipinski definition) is 3. The van der Waals surface area contributed by atoms with Crippen LogP contribution in [0.15, 0.2) is 4.40 Å². The molecule has 0 aromatic rings. The van der Waals surface area contributed by atoms with E-state index in [9.17, 15) is 0 Å². The van der Waals surface area contributed by atoms with Gasteiger partial charge in [0.2, 0.25) is 0 Å². The van der Waals surface area contributed by atoms with Crippen LogP contribution < -0.4 is 62.9 Å². The fourth-order valence-electron chi connectivity index (χ4n) is 0.0731. The predicted octanol–water partition coefficient (Wildman–Crippen LogP) is -3.07.